The first-order valence-electron chi connectivity index (χ1n) is 7.62. The van der Waals surface area contributed by atoms with E-state index in [0.717, 1.165) is 4.73 Å². The lowest BCUT2D eigenvalue weighted by Crippen LogP contribution is -2.30. The highest BCUT2D eigenvalue weighted by molar-refractivity contribution is 7.80. The average molecular weight is 370 g/mol. The monoisotopic (exact) mass is 370 g/mol. The molecule has 26 heavy (non-hydrogen) atoms. The van der Waals surface area contributed by atoms with Gasteiger partial charge in [-0.25, -0.2) is 19.9 Å². The Hall–Kier alpha value is -3.14. The number of H-pyrrole nitrogens is 1. The predicted octanol–water partition coefficient (Wildman–Crippen LogP) is 1.15. The van der Waals surface area contributed by atoms with Crippen LogP contribution in [0.4, 0.5) is 0 Å². The summed E-state index contributed by atoms with van der Waals surface area (Å²) in [5, 5.41) is -0.333. The van der Waals surface area contributed by atoms with Gasteiger partial charge in [0.2, 0.25) is 0 Å². The maximum absolute atomic E-state index is 12.9. The Morgan fingerprint density at radius 2 is 2.08 bits per heavy atom. The number of nitrogens with zero attached hydrogens (tertiary/aromatic N) is 5. The number of aromatic amines is 1. The van der Waals surface area contributed by atoms with Crippen molar-refractivity contribution in [1.29, 1.82) is 0 Å². The van der Waals surface area contributed by atoms with E-state index in [2.05, 4.69) is 37.5 Å². The molecule has 1 N–H and O–H groups in total. The summed E-state index contributed by atoms with van der Waals surface area (Å²) in [4.78, 5) is 38.3. The zero-order valence-electron chi connectivity index (χ0n) is 13.9. The molecule has 4 rings (SSSR count). The van der Waals surface area contributed by atoms with Crippen molar-refractivity contribution >= 4 is 34.7 Å². The first-order chi connectivity index (χ1) is 12.7. The normalized spacial score (nSPS) is 12.4. The predicted molar refractivity (Wildman–Crippen MR) is 97.6 cm³/mol. The SMILES string of the molecule is COc1cccc2nc(C(S)c3ncnc4[nH]cnc34)n(OC)c(=O)c12. The van der Waals surface area contributed by atoms with Gasteiger partial charge in [0.25, 0.3) is 5.56 Å². The zero-order chi connectivity index (χ0) is 18.3. The number of aromatic nitrogens is 6. The lowest BCUT2D eigenvalue weighted by atomic mass is 10.2. The molecule has 0 aliphatic heterocycles. The van der Waals surface area contributed by atoms with E-state index in [1.807, 2.05) is 0 Å². The molecular formula is C16H14N6O3S. The molecule has 0 fully saturated rings. The second kappa shape index (κ2) is 6.30. The summed E-state index contributed by atoms with van der Waals surface area (Å²) in [6.07, 6.45) is 2.92. The molecule has 10 heteroatoms. The van der Waals surface area contributed by atoms with Gasteiger partial charge in [-0.3, -0.25) is 4.79 Å². The Morgan fingerprint density at radius 1 is 1.23 bits per heavy atom. The molecule has 0 saturated carbocycles. The topological polar surface area (TPSA) is 108 Å². The fourth-order valence-corrected chi connectivity index (χ4v) is 3.18. The minimum absolute atomic E-state index is 0.282. The van der Waals surface area contributed by atoms with Gasteiger partial charge in [-0.2, -0.15) is 12.6 Å². The van der Waals surface area contributed by atoms with Gasteiger partial charge < -0.3 is 14.6 Å². The van der Waals surface area contributed by atoms with Crippen molar-refractivity contribution in [3.63, 3.8) is 0 Å². The maximum atomic E-state index is 12.9. The molecule has 0 saturated heterocycles. The van der Waals surface area contributed by atoms with E-state index in [4.69, 9.17) is 9.57 Å². The standard InChI is InChI=1S/C16H14N6O3S/c1-24-9-5-3-4-8-10(9)16(23)22(25-2)15(21-8)13(26)11-12-14(19-6-17-11)20-7-18-12/h3-7,13,26H,1-2H3,(H,17,18,19,20). The smallest absolute Gasteiger partial charge is 0.297 e. The van der Waals surface area contributed by atoms with E-state index in [-0.39, 0.29) is 5.82 Å². The minimum atomic E-state index is -0.660. The lowest BCUT2D eigenvalue weighted by molar-refractivity contribution is 0.147. The van der Waals surface area contributed by atoms with Crippen LogP contribution < -0.4 is 15.1 Å². The highest BCUT2D eigenvalue weighted by Gasteiger charge is 2.24. The Kier molecular flexibility index (Phi) is 3.96. The fourth-order valence-electron chi connectivity index (χ4n) is 2.83. The summed E-state index contributed by atoms with van der Waals surface area (Å²) in [6, 6.07) is 5.19. The molecule has 0 bridgehead atoms. The van der Waals surface area contributed by atoms with Crippen LogP contribution in [0.2, 0.25) is 0 Å². The quantitative estimate of drug-likeness (QED) is 0.519. The van der Waals surface area contributed by atoms with E-state index in [1.54, 1.807) is 18.2 Å². The van der Waals surface area contributed by atoms with Crippen LogP contribution in [0.1, 0.15) is 16.8 Å². The average Bonchev–Trinajstić information content (AvgIpc) is 3.15. The van der Waals surface area contributed by atoms with Crippen LogP contribution in [0.3, 0.4) is 0 Å². The number of ether oxygens (including phenoxy) is 1. The van der Waals surface area contributed by atoms with Crippen molar-refractivity contribution in [2.45, 2.75) is 5.25 Å². The van der Waals surface area contributed by atoms with E-state index in [0.29, 0.717) is 33.5 Å². The molecule has 1 unspecified atom stereocenters. The minimum Gasteiger partial charge on any atom is -0.496 e. The van der Waals surface area contributed by atoms with Crippen LogP contribution in [-0.2, 0) is 0 Å². The number of imidazole rings is 1. The second-order valence-electron chi connectivity index (χ2n) is 5.37. The first-order valence-corrected chi connectivity index (χ1v) is 8.13. The summed E-state index contributed by atoms with van der Waals surface area (Å²) in [5.41, 5.74) is 1.72. The second-order valence-corrected chi connectivity index (χ2v) is 5.88. The highest BCUT2D eigenvalue weighted by Crippen LogP contribution is 2.30. The van der Waals surface area contributed by atoms with Crippen LogP contribution >= 0.6 is 12.6 Å². The molecule has 0 amide bonds. The van der Waals surface area contributed by atoms with E-state index in [1.165, 1.54) is 26.9 Å². The van der Waals surface area contributed by atoms with Gasteiger partial charge in [-0.15, -0.1) is 4.73 Å². The molecule has 3 heterocycles. The number of thiol groups is 1. The number of hydrogen-bond donors (Lipinski definition) is 2. The molecule has 3 aromatic heterocycles. The first kappa shape index (κ1) is 16.3. The Labute approximate surface area is 152 Å². The van der Waals surface area contributed by atoms with Gasteiger partial charge in [0.1, 0.15) is 35.3 Å². The fraction of sp³-hybridized carbons (Fsp3) is 0.188. The number of rotatable bonds is 4. The molecular weight excluding hydrogens is 356 g/mol. The van der Waals surface area contributed by atoms with Gasteiger partial charge >= 0.3 is 0 Å². The van der Waals surface area contributed by atoms with Crippen molar-refractivity contribution in [3.05, 3.63) is 52.7 Å². The molecule has 4 aromatic rings. The molecule has 0 radical (unpaired) electrons. The lowest BCUT2D eigenvalue weighted by Gasteiger charge is -2.16. The highest BCUT2D eigenvalue weighted by atomic mass is 32.1. The number of methoxy groups -OCH3 is 1. The summed E-state index contributed by atoms with van der Waals surface area (Å²) in [5.74, 6) is 0.703. The molecule has 0 spiro atoms. The summed E-state index contributed by atoms with van der Waals surface area (Å²) in [6.45, 7) is 0. The number of hydrogen-bond acceptors (Lipinski definition) is 8. The summed E-state index contributed by atoms with van der Waals surface area (Å²) >= 11 is 4.63. The summed E-state index contributed by atoms with van der Waals surface area (Å²) in [7, 11) is 2.88. The molecule has 1 atom stereocenters. The van der Waals surface area contributed by atoms with Crippen molar-refractivity contribution in [3.8, 4) is 5.75 Å². The van der Waals surface area contributed by atoms with Gasteiger partial charge in [0, 0.05) is 0 Å². The number of benzene rings is 1. The third-order valence-electron chi connectivity index (χ3n) is 4.00. The zero-order valence-corrected chi connectivity index (χ0v) is 14.8. The Bertz CT molecular complexity index is 1170. The molecule has 0 aliphatic rings. The third kappa shape index (κ3) is 2.37. The van der Waals surface area contributed by atoms with Gasteiger partial charge in [0.15, 0.2) is 11.5 Å². The van der Waals surface area contributed by atoms with Crippen molar-refractivity contribution in [1.82, 2.24) is 29.7 Å². The van der Waals surface area contributed by atoms with Crippen molar-refractivity contribution in [2.24, 2.45) is 0 Å². The van der Waals surface area contributed by atoms with E-state index < -0.39 is 10.8 Å². The van der Waals surface area contributed by atoms with Crippen LogP contribution in [0.5, 0.6) is 5.75 Å². The van der Waals surface area contributed by atoms with Crippen molar-refractivity contribution in [2.75, 3.05) is 14.2 Å². The molecule has 132 valence electrons. The summed E-state index contributed by atoms with van der Waals surface area (Å²) < 4.78 is 6.36. The van der Waals surface area contributed by atoms with Gasteiger partial charge in [-0.05, 0) is 12.1 Å². The van der Waals surface area contributed by atoms with Gasteiger partial charge in [0.05, 0.1) is 24.6 Å². The largest absolute Gasteiger partial charge is 0.496 e. The van der Waals surface area contributed by atoms with Crippen LogP contribution in [0, 0.1) is 0 Å². The Morgan fingerprint density at radius 3 is 2.85 bits per heavy atom. The molecule has 0 aliphatic carbocycles. The van der Waals surface area contributed by atoms with Crippen molar-refractivity contribution < 1.29 is 9.57 Å². The third-order valence-corrected chi connectivity index (χ3v) is 4.47. The molecule has 1 aromatic carbocycles. The Balaban J connectivity index is 1.99. The van der Waals surface area contributed by atoms with E-state index >= 15 is 0 Å². The van der Waals surface area contributed by atoms with E-state index in [9.17, 15) is 4.79 Å². The number of fused-ring (bicyclic) bond motifs is 2. The van der Waals surface area contributed by atoms with Crippen LogP contribution in [-0.4, -0.2) is 43.9 Å². The number of nitrogens with one attached hydrogen (secondary N) is 1. The molecule has 9 nitrogen and oxygen atoms in total. The van der Waals surface area contributed by atoms with Crippen LogP contribution in [0.25, 0.3) is 22.1 Å². The van der Waals surface area contributed by atoms with Gasteiger partial charge in [-0.1, -0.05) is 6.07 Å². The maximum Gasteiger partial charge on any atom is 0.297 e. The van der Waals surface area contributed by atoms with Crippen LogP contribution in [0.15, 0.2) is 35.6 Å².